The lowest BCUT2D eigenvalue weighted by molar-refractivity contribution is -0.0339. The summed E-state index contributed by atoms with van der Waals surface area (Å²) in [4.78, 5) is 0. The van der Waals surface area contributed by atoms with Gasteiger partial charge in [0.05, 0.1) is 0 Å². The summed E-state index contributed by atoms with van der Waals surface area (Å²) in [5.41, 5.74) is 0.572. The minimum Gasteiger partial charge on any atom is -0.146 e. The van der Waals surface area contributed by atoms with Crippen molar-refractivity contribution in [2.24, 2.45) is 5.41 Å². The summed E-state index contributed by atoms with van der Waals surface area (Å²) >= 11 is 0. The highest BCUT2D eigenvalue weighted by atomic mass is 19.2. The largest absolute Gasteiger partial charge is 0.146 e. The van der Waals surface area contributed by atoms with Gasteiger partial charge in [0.15, 0.2) is 0 Å². The summed E-state index contributed by atoms with van der Waals surface area (Å²) in [5.74, 6) is 0. The molecule has 0 aromatic heterocycles. The second-order valence-electron chi connectivity index (χ2n) is 4.12. The molecule has 2 heteroatoms. The first-order valence-corrected chi connectivity index (χ1v) is 4.72. The van der Waals surface area contributed by atoms with E-state index in [1.165, 1.54) is 25.7 Å². The topological polar surface area (TPSA) is 3.24 Å². The number of nitrogens with zero attached hydrogens (tertiary/aromatic N) is 1. The smallest absolute Gasteiger partial charge is 0.0295 e. The highest BCUT2D eigenvalue weighted by Gasteiger charge is 2.36. The van der Waals surface area contributed by atoms with E-state index >= 15 is 0 Å². The van der Waals surface area contributed by atoms with Crippen LogP contribution in [0.4, 0.5) is 4.48 Å². The molecule has 1 spiro atoms. The lowest BCUT2D eigenvalue weighted by atomic mass is 9.78. The van der Waals surface area contributed by atoms with E-state index in [2.05, 4.69) is 0 Å². The molecule has 1 aliphatic heterocycles. The fourth-order valence-corrected chi connectivity index (χ4v) is 2.58. The molecule has 0 atom stereocenters. The number of halogens is 1. The predicted molar refractivity (Wildman–Crippen MR) is 42.8 cm³/mol. The molecule has 0 amide bonds. The van der Waals surface area contributed by atoms with Gasteiger partial charge in [-0.25, -0.2) is 0 Å². The van der Waals surface area contributed by atoms with E-state index < -0.39 is 0 Å². The molecule has 2 aliphatic rings. The van der Waals surface area contributed by atoms with Gasteiger partial charge in [0.25, 0.3) is 0 Å². The van der Waals surface area contributed by atoms with Gasteiger partial charge in [-0.2, -0.15) is 0 Å². The van der Waals surface area contributed by atoms with Crippen LogP contribution in [0.3, 0.4) is 0 Å². The molecule has 0 aromatic carbocycles. The molecule has 64 valence electrons. The van der Waals surface area contributed by atoms with Crippen molar-refractivity contribution in [3.63, 3.8) is 0 Å². The summed E-state index contributed by atoms with van der Waals surface area (Å²) in [7, 11) is 0. The Hall–Kier alpha value is -0.110. The second-order valence-corrected chi connectivity index (χ2v) is 4.12. The lowest BCUT2D eigenvalue weighted by Gasteiger charge is -2.35. The summed E-state index contributed by atoms with van der Waals surface area (Å²) < 4.78 is 12.7. The molecular weight excluding hydrogens is 141 g/mol. The van der Waals surface area contributed by atoms with E-state index in [0.29, 0.717) is 18.5 Å². The maximum absolute atomic E-state index is 12.7. The van der Waals surface area contributed by atoms with Crippen molar-refractivity contribution in [3.05, 3.63) is 0 Å². The van der Waals surface area contributed by atoms with Crippen LogP contribution >= 0.6 is 0 Å². The first kappa shape index (κ1) is 7.53. The zero-order valence-corrected chi connectivity index (χ0v) is 6.98. The van der Waals surface area contributed by atoms with Crippen molar-refractivity contribution in [2.75, 3.05) is 13.1 Å². The number of rotatable bonds is 0. The standard InChI is InChI=1S/C9H16FN/c10-11-7-5-9(6-8-11)3-1-2-4-9/h1-8H2. The van der Waals surface area contributed by atoms with Crippen LogP contribution in [-0.2, 0) is 0 Å². The third-order valence-electron chi connectivity index (χ3n) is 3.43. The van der Waals surface area contributed by atoms with Gasteiger partial charge in [-0.05, 0) is 31.1 Å². The number of hydrogen-bond donors (Lipinski definition) is 0. The first-order valence-electron chi connectivity index (χ1n) is 4.72. The van der Waals surface area contributed by atoms with E-state index in [1.807, 2.05) is 0 Å². The van der Waals surface area contributed by atoms with E-state index in [4.69, 9.17) is 0 Å². The second kappa shape index (κ2) is 2.74. The molecule has 0 aromatic rings. The normalized spacial score (nSPS) is 31.4. The Kier molecular flexibility index (Phi) is 1.88. The van der Waals surface area contributed by atoms with Crippen LogP contribution in [0.25, 0.3) is 0 Å². The molecule has 1 nitrogen and oxygen atoms in total. The van der Waals surface area contributed by atoms with E-state index in [-0.39, 0.29) is 0 Å². The Labute approximate surface area is 67.5 Å². The molecule has 0 bridgehead atoms. The maximum atomic E-state index is 12.7. The van der Waals surface area contributed by atoms with Gasteiger partial charge < -0.3 is 0 Å². The van der Waals surface area contributed by atoms with Gasteiger partial charge in [0.1, 0.15) is 0 Å². The zero-order valence-electron chi connectivity index (χ0n) is 6.98. The quantitative estimate of drug-likeness (QED) is 0.488. The van der Waals surface area contributed by atoms with Crippen molar-refractivity contribution < 1.29 is 4.48 Å². The molecule has 1 heterocycles. The van der Waals surface area contributed by atoms with Crippen molar-refractivity contribution >= 4 is 0 Å². The van der Waals surface area contributed by atoms with E-state index in [0.717, 1.165) is 18.0 Å². The Balaban J connectivity index is 1.94. The van der Waals surface area contributed by atoms with Crippen LogP contribution in [0.2, 0.25) is 0 Å². The van der Waals surface area contributed by atoms with Gasteiger partial charge in [-0.3, -0.25) is 0 Å². The highest BCUT2D eigenvalue weighted by Crippen LogP contribution is 2.45. The van der Waals surface area contributed by atoms with Gasteiger partial charge in [0.2, 0.25) is 0 Å². The number of hydrogen-bond acceptors (Lipinski definition) is 1. The van der Waals surface area contributed by atoms with Crippen molar-refractivity contribution in [1.82, 2.24) is 5.12 Å². The summed E-state index contributed by atoms with van der Waals surface area (Å²) in [6, 6.07) is 0. The summed E-state index contributed by atoms with van der Waals surface area (Å²) in [5, 5.41) is 0.976. The van der Waals surface area contributed by atoms with Crippen molar-refractivity contribution in [1.29, 1.82) is 0 Å². The lowest BCUT2D eigenvalue weighted by Crippen LogP contribution is -2.34. The minimum atomic E-state index is 0.572. The van der Waals surface area contributed by atoms with Gasteiger partial charge in [-0.15, -0.1) is 9.60 Å². The van der Waals surface area contributed by atoms with Gasteiger partial charge in [0, 0.05) is 13.1 Å². The summed E-state index contributed by atoms with van der Waals surface area (Å²) in [6.45, 7) is 1.36. The monoisotopic (exact) mass is 157 g/mol. The molecule has 11 heavy (non-hydrogen) atoms. The predicted octanol–water partition coefficient (Wildman–Crippen LogP) is 2.53. The molecule has 0 N–H and O–H groups in total. The fourth-order valence-electron chi connectivity index (χ4n) is 2.58. The van der Waals surface area contributed by atoms with Crippen LogP contribution in [0.15, 0.2) is 0 Å². The third-order valence-corrected chi connectivity index (χ3v) is 3.43. The Bertz CT molecular complexity index is 130. The number of piperidine rings is 1. The molecule has 2 rings (SSSR count). The highest BCUT2D eigenvalue weighted by molar-refractivity contribution is 4.88. The van der Waals surface area contributed by atoms with E-state index in [1.54, 1.807) is 0 Å². The molecule has 0 radical (unpaired) electrons. The Morgan fingerprint density at radius 1 is 0.909 bits per heavy atom. The van der Waals surface area contributed by atoms with Crippen molar-refractivity contribution in [2.45, 2.75) is 38.5 Å². The van der Waals surface area contributed by atoms with Crippen molar-refractivity contribution in [3.8, 4) is 0 Å². The Morgan fingerprint density at radius 2 is 1.45 bits per heavy atom. The van der Waals surface area contributed by atoms with Gasteiger partial charge >= 0.3 is 0 Å². The molecular formula is C9H16FN. The first-order chi connectivity index (χ1) is 5.31. The summed E-state index contributed by atoms with van der Waals surface area (Å²) in [6.07, 6.45) is 7.69. The third kappa shape index (κ3) is 1.41. The van der Waals surface area contributed by atoms with Crippen LogP contribution in [0, 0.1) is 5.41 Å². The van der Waals surface area contributed by atoms with Crippen LogP contribution < -0.4 is 0 Å². The van der Waals surface area contributed by atoms with Gasteiger partial charge in [-0.1, -0.05) is 12.8 Å². The van der Waals surface area contributed by atoms with Crippen LogP contribution in [0.1, 0.15) is 38.5 Å². The average Bonchev–Trinajstić information content (AvgIpc) is 2.45. The molecule has 2 fully saturated rings. The van der Waals surface area contributed by atoms with E-state index in [9.17, 15) is 4.48 Å². The zero-order chi connectivity index (χ0) is 7.73. The molecule has 1 saturated heterocycles. The van der Waals surface area contributed by atoms with Crippen LogP contribution in [-0.4, -0.2) is 18.2 Å². The maximum Gasteiger partial charge on any atom is 0.0295 e. The minimum absolute atomic E-state index is 0.572. The SMILES string of the molecule is FN1CCC2(CCCC2)CC1. The Morgan fingerprint density at radius 3 is 2.00 bits per heavy atom. The van der Waals surface area contributed by atoms with Crippen LogP contribution in [0.5, 0.6) is 0 Å². The average molecular weight is 157 g/mol. The molecule has 1 aliphatic carbocycles. The molecule has 0 unspecified atom stereocenters. The fraction of sp³-hybridized carbons (Fsp3) is 1.00. The molecule has 1 saturated carbocycles.